The van der Waals surface area contributed by atoms with Crippen LogP contribution >= 0.6 is 0 Å². The van der Waals surface area contributed by atoms with Crippen LogP contribution in [-0.2, 0) is 14.4 Å². The highest BCUT2D eigenvalue weighted by molar-refractivity contribution is 7.85. The van der Waals surface area contributed by atoms with Gasteiger partial charge in [-0.05, 0) is 18.9 Å². The van der Waals surface area contributed by atoms with Crippen molar-refractivity contribution in [3.63, 3.8) is 0 Å². The van der Waals surface area contributed by atoms with Gasteiger partial charge in [0.15, 0.2) is 0 Å². The number of oxime groups is 1. The largest absolute Gasteiger partial charge is 0.388 e. The lowest BCUT2D eigenvalue weighted by molar-refractivity contribution is 0.214. The molecule has 0 saturated heterocycles. The minimum absolute atomic E-state index is 0.224. The first-order chi connectivity index (χ1) is 6.76. The van der Waals surface area contributed by atoms with E-state index in [4.69, 9.17) is 0 Å². The van der Waals surface area contributed by atoms with Crippen LogP contribution in [-0.4, -0.2) is 31.6 Å². The normalized spacial score (nSPS) is 14.8. The summed E-state index contributed by atoms with van der Waals surface area (Å²) in [7, 11) is -3.57. The van der Waals surface area contributed by atoms with Crippen molar-refractivity contribution in [3.8, 4) is 0 Å². The van der Waals surface area contributed by atoms with Crippen LogP contribution in [0.5, 0.6) is 0 Å². The molecule has 0 aliphatic carbocycles. The maximum absolute atomic E-state index is 10.6. The van der Waals surface area contributed by atoms with Crippen molar-refractivity contribution in [1.82, 2.24) is 0 Å². The second kappa shape index (κ2) is 5.87. The molecule has 0 rings (SSSR count). The van der Waals surface area contributed by atoms with Gasteiger partial charge < -0.3 is 5.11 Å². The lowest BCUT2D eigenvalue weighted by Crippen LogP contribution is -2.14. The standard InChI is InChI=1S/C9H17NO4S/c1-5-7(2)9(11)6-8(3)10-14-15(4,12)13/h9,11H,2,5-6H2,1,3-4H3. The van der Waals surface area contributed by atoms with Crippen LogP contribution < -0.4 is 0 Å². The summed E-state index contributed by atoms with van der Waals surface area (Å²) < 4.78 is 25.4. The molecular weight excluding hydrogens is 218 g/mol. The van der Waals surface area contributed by atoms with E-state index in [-0.39, 0.29) is 6.42 Å². The Morgan fingerprint density at radius 2 is 2.13 bits per heavy atom. The third-order valence-corrected chi connectivity index (χ3v) is 2.09. The molecule has 15 heavy (non-hydrogen) atoms. The number of nitrogens with zero attached hydrogens (tertiary/aromatic N) is 1. The van der Waals surface area contributed by atoms with Crippen LogP contribution in [0.15, 0.2) is 17.3 Å². The molecule has 0 amide bonds. The zero-order valence-electron chi connectivity index (χ0n) is 9.23. The Morgan fingerprint density at radius 3 is 2.53 bits per heavy atom. The van der Waals surface area contributed by atoms with Crippen molar-refractivity contribution in [1.29, 1.82) is 0 Å². The average Bonchev–Trinajstić information content (AvgIpc) is 2.12. The van der Waals surface area contributed by atoms with Crippen LogP contribution in [0.4, 0.5) is 0 Å². The second-order valence-electron chi connectivity index (χ2n) is 3.34. The van der Waals surface area contributed by atoms with Crippen molar-refractivity contribution < 1.29 is 17.8 Å². The quantitative estimate of drug-likeness (QED) is 0.424. The zero-order valence-corrected chi connectivity index (χ0v) is 10.0. The number of hydrogen-bond donors (Lipinski definition) is 1. The van der Waals surface area contributed by atoms with E-state index in [0.29, 0.717) is 17.7 Å². The van der Waals surface area contributed by atoms with E-state index in [1.807, 2.05) is 6.92 Å². The summed E-state index contributed by atoms with van der Waals surface area (Å²) in [4.78, 5) is 0. The molecular formula is C9H17NO4S. The minimum Gasteiger partial charge on any atom is -0.388 e. The Hall–Kier alpha value is -0.880. The van der Waals surface area contributed by atoms with Gasteiger partial charge in [-0.15, -0.1) is 0 Å². The Balaban J connectivity index is 4.25. The molecule has 1 atom stereocenters. The van der Waals surface area contributed by atoms with Gasteiger partial charge in [-0.25, -0.2) is 0 Å². The summed E-state index contributed by atoms with van der Waals surface area (Å²) in [5, 5.41) is 12.9. The molecule has 1 unspecified atom stereocenters. The predicted molar refractivity (Wildman–Crippen MR) is 59.1 cm³/mol. The fourth-order valence-electron chi connectivity index (χ4n) is 0.828. The molecule has 88 valence electrons. The number of rotatable bonds is 6. The lowest BCUT2D eigenvalue weighted by Gasteiger charge is -2.10. The first-order valence-electron chi connectivity index (χ1n) is 4.54. The Morgan fingerprint density at radius 1 is 1.60 bits per heavy atom. The lowest BCUT2D eigenvalue weighted by atomic mass is 10.0. The van der Waals surface area contributed by atoms with Crippen LogP contribution in [0.2, 0.25) is 0 Å². The maximum Gasteiger partial charge on any atom is 0.325 e. The van der Waals surface area contributed by atoms with Gasteiger partial charge in [-0.2, -0.15) is 8.42 Å². The van der Waals surface area contributed by atoms with Crippen molar-refractivity contribution in [2.24, 2.45) is 5.16 Å². The summed E-state index contributed by atoms with van der Waals surface area (Å²) in [6.07, 6.45) is 1.09. The Kier molecular flexibility index (Phi) is 5.53. The summed E-state index contributed by atoms with van der Waals surface area (Å²) in [5.41, 5.74) is 1.09. The third kappa shape index (κ3) is 7.10. The van der Waals surface area contributed by atoms with Crippen molar-refractivity contribution in [2.45, 2.75) is 32.8 Å². The van der Waals surface area contributed by atoms with Crippen LogP contribution in [0.25, 0.3) is 0 Å². The monoisotopic (exact) mass is 235 g/mol. The summed E-state index contributed by atoms with van der Waals surface area (Å²) >= 11 is 0. The molecule has 5 nitrogen and oxygen atoms in total. The fraction of sp³-hybridized carbons (Fsp3) is 0.667. The highest BCUT2D eigenvalue weighted by Gasteiger charge is 2.09. The number of aliphatic hydroxyl groups is 1. The molecule has 0 fully saturated rings. The van der Waals surface area contributed by atoms with Crippen LogP contribution in [0.1, 0.15) is 26.7 Å². The summed E-state index contributed by atoms with van der Waals surface area (Å²) in [5.74, 6) is 0. The number of aliphatic hydroxyl groups excluding tert-OH is 1. The fourth-order valence-corrected chi connectivity index (χ4v) is 1.09. The molecule has 6 heteroatoms. The molecule has 0 saturated carbocycles. The van der Waals surface area contributed by atoms with Gasteiger partial charge in [0.2, 0.25) is 0 Å². The first-order valence-corrected chi connectivity index (χ1v) is 6.35. The zero-order chi connectivity index (χ0) is 12.1. The summed E-state index contributed by atoms with van der Waals surface area (Å²) in [6.45, 7) is 7.13. The van der Waals surface area contributed by atoms with E-state index < -0.39 is 16.2 Å². The smallest absolute Gasteiger partial charge is 0.325 e. The minimum atomic E-state index is -3.57. The first kappa shape index (κ1) is 14.1. The molecule has 1 N–H and O–H groups in total. The highest BCUT2D eigenvalue weighted by Crippen LogP contribution is 2.09. The molecule has 0 aliphatic rings. The SMILES string of the molecule is C=C(CC)C(O)CC(C)=NOS(C)(=O)=O. The van der Waals surface area contributed by atoms with E-state index in [2.05, 4.69) is 16.0 Å². The second-order valence-corrected chi connectivity index (χ2v) is 4.89. The van der Waals surface area contributed by atoms with Gasteiger partial charge in [-0.3, -0.25) is 4.28 Å². The van der Waals surface area contributed by atoms with Gasteiger partial charge in [0.1, 0.15) is 0 Å². The average molecular weight is 235 g/mol. The highest BCUT2D eigenvalue weighted by atomic mass is 32.2. The third-order valence-electron chi connectivity index (χ3n) is 1.74. The van der Waals surface area contributed by atoms with E-state index in [0.717, 1.165) is 6.26 Å². The van der Waals surface area contributed by atoms with Gasteiger partial charge >= 0.3 is 10.1 Å². The van der Waals surface area contributed by atoms with Gasteiger partial charge in [0, 0.05) is 6.42 Å². The molecule has 0 radical (unpaired) electrons. The Bertz CT molecular complexity index is 345. The molecule has 0 spiro atoms. The topological polar surface area (TPSA) is 76.0 Å². The molecule has 0 bridgehead atoms. The van der Waals surface area contributed by atoms with E-state index >= 15 is 0 Å². The van der Waals surface area contributed by atoms with Gasteiger partial charge in [-0.1, -0.05) is 18.7 Å². The van der Waals surface area contributed by atoms with Crippen LogP contribution in [0.3, 0.4) is 0 Å². The summed E-state index contributed by atoms with van der Waals surface area (Å²) in [6, 6.07) is 0. The van der Waals surface area contributed by atoms with E-state index in [1.165, 1.54) is 0 Å². The Labute approximate surface area is 90.6 Å². The number of hydrogen-bond acceptors (Lipinski definition) is 5. The molecule has 0 aromatic rings. The van der Waals surface area contributed by atoms with E-state index in [9.17, 15) is 13.5 Å². The van der Waals surface area contributed by atoms with Crippen LogP contribution in [0, 0.1) is 0 Å². The van der Waals surface area contributed by atoms with Crippen molar-refractivity contribution >= 4 is 15.8 Å². The van der Waals surface area contributed by atoms with Crippen molar-refractivity contribution in [3.05, 3.63) is 12.2 Å². The molecule has 0 heterocycles. The molecule has 0 aromatic carbocycles. The predicted octanol–water partition coefficient (Wildman–Crippen LogP) is 1.06. The van der Waals surface area contributed by atoms with Gasteiger partial charge in [0.05, 0.1) is 18.1 Å². The maximum atomic E-state index is 10.6. The van der Waals surface area contributed by atoms with E-state index in [1.54, 1.807) is 6.92 Å². The van der Waals surface area contributed by atoms with Crippen molar-refractivity contribution in [2.75, 3.05) is 6.26 Å². The van der Waals surface area contributed by atoms with Gasteiger partial charge in [0.25, 0.3) is 0 Å². The molecule has 0 aliphatic heterocycles. The molecule has 0 aromatic heterocycles.